The summed E-state index contributed by atoms with van der Waals surface area (Å²) < 4.78 is 85.7. The van der Waals surface area contributed by atoms with Gasteiger partial charge in [0, 0.05) is 24.7 Å². The van der Waals surface area contributed by atoms with Crippen molar-refractivity contribution in [3.63, 3.8) is 0 Å². The third-order valence-corrected chi connectivity index (χ3v) is 6.08. The van der Waals surface area contributed by atoms with Gasteiger partial charge in [-0.3, -0.25) is 0 Å². The Hall–Kier alpha value is -3.06. The standard InChI is InChI=1S/C22H28F6N6O2/c1-5-17-10-18(6-13(4)34(17)20(35)36-12(2)3)33(19-29-31-32-30-19)11-14-7-15(21(23,24)25)9-16(8-14)22(26,27)28/h7-9,12-13,17-18H,5-6,10-11H2,1-4H3,(H,29,30,31,32)/t13?,17-,18?/m1/s1. The Morgan fingerprint density at radius 2 is 1.75 bits per heavy atom. The van der Waals surface area contributed by atoms with Gasteiger partial charge in [-0.2, -0.15) is 31.6 Å². The minimum Gasteiger partial charge on any atom is -0.447 e. The number of halogens is 6. The van der Waals surface area contributed by atoms with Crippen LogP contribution in [0.4, 0.5) is 37.1 Å². The fraction of sp³-hybridized carbons (Fsp3) is 0.636. The number of rotatable bonds is 6. The summed E-state index contributed by atoms with van der Waals surface area (Å²) in [7, 11) is 0. The number of anilines is 1. The minimum atomic E-state index is -4.96. The molecule has 200 valence electrons. The molecule has 3 atom stereocenters. The molecule has 1 amide bonds. The normalized spacial score (nSPS) is 21.1. The number of amides is 1. The summed E-state index contributed by atoms with van der Waals surface area (Å²) in [6, 6.07) is 0.495. The molecule has 1 N–H and O–H groups in total. The monoisotopic (exact) mass is 522 g/mol. The average Bonchev–Trinajstić information content (AvgIpc) is 3.29. The van der Waals surface area contributed by atoms with Gasteiger partial charge in [0.15, 0.2) is 0 Å². The number of tetrazole rings is 1. The first-order valence-electron chi connectivity index (χ1n) is 11.5. The fourth-order valence-electron chi connectivity index (χ4n) is 4.55. The maximum Gasteiger partial charge on any atom is 0.416 e. The minimum absolute atomic E-state index is 0.0335. The number of H-pyrrole nitrogens is 1. The molecule has 2 heterocycles. The van der Waals surface area contributed by atoms with Crippen molar-refractivity contribution < 1.29 is 35.9 Å². The quantitative estimate of drug-likeness (QED) is 0.510. The maximum atomic E-state index is 13.4. The van der Waals surface area contributed by atoms with E-state index in [1.165, 1.54) is 4.90 Å². The number of carbonyl (C=O) groups excluding carboxylic acids is 1. The van der Waals surface area contributed by atoms with Crippen LogP contribution in [0.15, 0.2) is 18.2 Å². The number of nitrogens with one attached hydrogen (secondary N) is 1. The highest BCUT2D eigenvalue weighted by molar-refractivity contribution is 5.69. The second-order valence-electron chi connectivity index (χ2n) is 9.13. The molecule has 0 aliphatic carbocycles. The van der Waals surface area contributed by atoms with Crippen LogP contribution in [0.25, 0.3) is 0 Å². The van der Waals surface area contributed by atoms with Gasteiger partial charge in [-0.25, -0.2) is 4.79 Å². The molecule has 14 heteroatoms. The predicted molar refractivity (Wildman–Crippen MR) is 117 cm³/mol. The van der Waals surface area contributed by atoms with Crippen molar-refractivity contribution in [2.24, 2.45) is 0 Å². The molecule has 1 fully saturated rings. The zero-order chi connectivity index (χ0) is 26.8. The third kappa shape index (κ3) is 6.38. The number of nitrogens with zero attached hydrogens (tertiary/aromatic N) is 5. The Balaban J connectivity index is 1.96. The van der Waals surface area contributed by atoms with Crippen LogP contribution in [0.5, 0.6) is 0 Å². The molecule has 36 heavy (non-hydrogen) atoms. The first-order valence-corrected chi connectivity index (χ1v) is 11.5. The zero-order valence-electron chi connectivity index (χ0n) is 20.2. The van der Waals surface area contributed by atoms with E-state index < -0.39 is 35.6 Å². The number of ether oxygens (including phenoxy) is 1. The van der Waals surface area contributed by atoms with E-state index in [1.54, 1.807) is 18.7 Å². The van der Waals surface area contributed by atoms with E-state index in [4.69, 9.17) is 4.74 Å². The van der Waals surface area contributed by atoms with Crippen molar-refractivity contribution in [2.45, 2.75) is 90.1 Å². The number of aromatic amines is 1. The summed E-state index contributed by atoms with van der Waals surface area (Å²) in [5.74, 6) is 0.0335. The number of benzene rings is 1. The average molecular weight is 522 g/mol. The lowest BCUT2D eigenvalue weighted by Gasteiger charge is -2.46. The maximum absolute atomic E-state index is 13.4. The van der Waals surface area contributed by atoms with Gasteiger partial charge in [0.05, 0.1) is 17.2 Å². The lowest BCUT2D eigenvalue weighted by atomic mass is 9.89. The molecule has 0 saturated carbocycles. The molecular formula is C22H28F6N6O2. The number of likely N-dealkylation sites (tertiary alicyclic amines) is 1. The summed E-state index contributed by atoms with van der Waals surface area (Å²) in [4.78, 5) is 15.9. The molecule has 1 saturated heterocycles. The molecule has 0 spiro atoms. The topological polar surface area (TPSA) is 87.2 Å². The summed E-state index contributed by atoms with van der Waals surface area (Å²) in [5.41, 5.74) is -3.00. The predicted octanol–water partition coefficient (Wildman–Crippen LogP) is 5.42. The molecule has 0 radical (unpaired) electrons. The van der Waals surface area contributed by atoms with Crippen LogP contribution >= 0.6 is 0 Å². The second kappa shape index (κ2) is 10.5. The van der Waals surface area contributed by atoms with Crippen molar-refractivity contribution in [1.29, 1.82) is 0 Å². The molecule has 8 nitrogen and oxygen atoms in total. The van der Waals surface area contributed by atoms with E-state index in [2.05, 4.69) is 20.6 Å². The Kier molecular flexibility index (Phi) is 8.04. The van der Waals surface area contributed by atoms with Crippen molar-refractivity contribution in [3.05, 3.63) is 34.9 Å². The van der Waals surface area contributed by atoms with Crippen LogP contribution < -0.4 is 4.90 Å². The zero-order valence-corrected chi connectivity index (χ0v) is 20.2. The van der Waals surface area contributed by atoms with Crippen LogP contribution in [-0.2, 0) is 23.6 Å². The Morgan fingerprint density at radius 1 is 1.14 bits per heavy atom. The Morgan fingerprint density at radius 3 is 2.22 bits per heavy atom. The van der Waals surface area contributed by atoms with Crippen LogP contribution in [-0.4, -0.2) is 55.8 Å². The molecular weight excluding hydrogens is 494 g/mol. The molecule has 2 unspecified atom stereocenters. The van der Waals surface area contributed by atoms with Gasteiger partial charge in [0.1, 0.15) is 0 Å². The van der Waals surface area contributed by atoms with Gasteiger partial charge in [0.25, 0.3) is 5.95 Å². The van der Waals surface area contributed by atoms with Crippen LogP contribution in [0.1, 0.15) is 63.6 Å². The van der Waals surface area contributed by atoms with Crippen LogP contribution in [0.3, 0.4) is 0 Å². The second-order valence-corrected chi connectivity index (χ2v) is 9.13. The highest BCUT2D eigenvalue weighted by Crippen LogP contribution is 2.38. The Bertz CT molecular complexity index is 995. The fourth-order valence-corrected chi connectivity index (χ4v) is 4.55. The van der Waals surface area contributed by atoms with Gasteiger partial charge in [-0.05, 0) is 69.0 Å². The summed E-state index contributed by atoms with van der Waals surface area (Å²) in [5, 5.41) is 13.6. The number of aromatic nitrogens is 4. The van der Waals surface area contributed by atoms with Crippen LogP contribution in [0, 0.1) is 0 Å². The lowest BCUT2D eigenvalue weighted by Crippen LogP contribution is -2.56. The summed E-state index contributed by atoms with van der Waals surface area (Å²) in [6.45, 7) is 6.85. The van der Waals surface area contributed by atoms with Crippen molar-refractivity contribution in [1.82, 2.24) is 25.5 Å². The number of hydrogen-bond acceptors (Lipinski definition) is 6. The number of piperidine rings is 1. The number of carbonyl (C=O) groups is 1. The molecule has 1 aliphatic rings. The summed E-state index contributed by atoms with van der Waals surface area (Å²) >= 11 is 0. The number of hydrogen-bond donors (Lipinski definition) is 1. The van der Waals surface area contributed by atoms with Gasteiger partial charge >= 0.3 is 18.4 Å². The van der Waals surface area contributed by atoms with Crippen molar-refractivity contribution in [2.75, 3.05) is 4.90 Å². The highest BCUT2D eigenvalue weighted by atomic mass is 19.4. The molecule has 0 bridgehead atoms. The molecule has 1 aromatic heterocycles. The van der Waals surface area contributed by atoms with Crippen LogP contribution in [0.2, 0.25) is 0 Å². The van der Waals surface area contributed by atoms with Crippen molar-refractivity contribution >= 4 is 12.0 Å². The van der Waals surface area contributed by atoms with E-state index in [9.17, 15) is 31.1 Å². The van der Waals surface area contributed by atoms with Gasteiger partial charge < -0.3 is 14.5 Å². The smallest absolute Gasteiger partial charge is 0.416 e. The van der Waals surface area contributed by atoms with Gasteiger partial charge in [-0.1, -0.05) is 12.0 Å². The van der Waals surface area contributed by atoms with E-state index in [-0.39, 0.29) is 42.3 Å². The molecule has 3 rings (SSSR count). The summed E-state index contributed by atoms with van der Waals surface area (Å²) in [6.07, 6.45) is -9.40. The van der Waals surface area contributed by atoms with Gasteiger partial charge in [0.2, 0.25) is 0 Å². The SMILES string of the molecule is CC[C@@H]1CC(N(Cc2cc(C(F)(F)F)cc(C(F)(F)F)c2)c2nn[nH]n2)CC(C)N1C(=O)OC(C)C. The number of alkyl halides is 6. The lowest BCUT2D eigenvalue weighted by molar-refractivity contribution is -0.143. The first kappa shape index (κ1) is 27.5. The Labute approximate surface area is 204 Å². The van der Waals surface area contributed by atoms with E-state index >= 15 is 0 Å². The largest absolute Gasteiger partial charge is 0.447 e. The van der Waals surface area contributed by atoms with E-state index in [1.807, 2.05) is 13.8 Å². The van der Waals surface area contributed by atoms with Gasteiger partial charge in [-0.15, -0.1) is 5.10 Å². The highest BCUT2D eigenvalue weighted by Gasteiger charge is 2.41. The molecule has 1 aliphatic heterocycles. The molecule has 2 aromatic rings. The third-order valence-electron chi connectivity index (χ3n) is 6.08. The first-order chi connectivity index (χ1) is 16.7. The van der Waals surface area contributed by atoms with E-state index in [0.29, 0.717) is 31.4 Å². The van der Waals surface area contributed by atoms with E-state index in [0.717, 1.165) is 0 Å². The van der Waals surface area contributed by atoms with Crippen molar-refractivity contribution in [3.8, 4) is 0 Å². The molecule has 1 aromatic carbocycles.